The van der Waals surface area contributed by atoms with Crippen molar-refractivity contribution in [1.29, 1.82) is 0 Å². The van der Waals surface area contributed by atoms with Crippen molar-refractivity contribution in [3.8, 4) is 0 Å². The Kier molecular flexibility index (Phi) is 10.0. The number of carboxylic acid groups (broad SMARTS) is 1. The molecule has 3 aromatic rings. The predicted octanol–water partition coefficient (Wildman–Crippen LogP) is 3.70. The molecule has 3 rings (SSSR count). The molecule has 0 aromatic heterocycles. The van der Waals surface area contributed by atoms with Crippen LogP contribution in [0.15, 0.2) is 91.0 Å². The second-order valence-electron chi connectivity index (χ2n) is 8.27. The Labute approximate surface area is 210 Å². The summed E-state index contributed by atoms with van der Waals surface area (Å²) < 4.78 is 11.0. The van der Waals surface area contributed by atoms with E-state index in [1.54, 1.807) is 6.92 Å². The molecule has 0 aliphatic carbocycles. The minimum absolute atomic E-state index is 0.0362. The number of amides is 2. The molecule has 2 amide bonds. The molecule has 3 N–H and O–H groups in total. The van der Waals surface area contributed by atoms with Crippen molar-refractivity contribution in [2.45, 2.75) is 44.7 Å². The van der Waals surface area contributed by atoms with Gasteiger partial charge in [-0.25, -0.2) is 9.59 Å². The molecular weight excluding hydrogens is 460 g/mol. The van der Waals surface area contributed by atoms with Crippen LogP contribution in [-0.4, -0.2) is 41.3 Å². The van der Waals surface area contributed by atoms with Gasteiger partial charge in [0.15, 0.2) is 6.04 Å². The molecule has 0 bridgehead atoms. The number of carbonyl (C=O) groups is 3. The lowest BCUT2D eigenvalue weighted by atomic mass is 10.0. The summed E-state index contributed by atoms with van der Waals surface area (Å²) in [5.74, 6) is -1.90. The summed E-state index contributed by atoms with van der Waals surface area (Å²) in [6.07, 6.45) is -1.46. The normalized spacial score (nSPS) is 13.1. The highest BCUT2D eigenvalue weighted by atomic mass is 16.5. The zero-order valence-electron chi connectivity index (χ0n) is 20.0. The average Bonchev–Trinajstić information content (AvgIpc) is 2.90. The van der Waals surface area contributed by atoms with E-state index < -0.39 is 36.2 Å². The molecule has 0 spiro atoms. The summed E-state index contributed by atoms with van der Waals surface area (Å²) in [4.78, 5) is 37.6. The summed E-state index contributed by atoms with van der Waals surface area (Å²) >= 11 is 0. The fourth-order valence-corrected chi connectivity index (χ4v) is 3.50. The molecular formula is C28H30N2O6. The molecule has 0 saturated carbocycles. The number of benzene rings is 3. The number of rotatable bonds is 12. The number of nitrogens with one attached hydrogen (secondary N) is 2. The van der Waals surface area contributed by atoms with Crippen molar-refractivity contribution in [2.24, 2.45) is 0 Å². The van der Waals surface area contributed by atoms with E-state index >= 15 is 0 Å². The molecule has 188 valence electrons. The molecule has 0 saturated heterocycles. The summed E-state index contributed by atoms with van der Waals surface area (Å²) in [5, 5.41) is 14.8. The molecule has 0 heterocycles. The predicted molar refractivity (Wildman–Crippen MR) is 134 cm³/mol. The highest BCUT2D eigenvalue weighted by Crippen LogP contribution is 2.09. The van der Waals surface area contributed by atoms with Crippen molar-refractivity contribution < 1.29 is 29.0 Å². The van der Waals surface area contributed by atoms with Gasteiger partial charge in [0.1, 0.15) is 12.6 Å². The largest absolute Gasteiger partial charge is 0.480 e. The number of carboxylic acids is 1. The van der Waals surface area contributed by atoms with E-state index in [9.17, 15) is 19.5 Å². The van der Waals surface area contributed by atoms with E-state index in [1.165, 1.54) is 0 Å². The van der Waals surface area contributed by atoms with Crippen LogP contribution in [0.2, 0.25) is 0 Å². The van der Waals surface area contributed by atoms with Gasteiger partial charge in [-0.15, -0.1) is 0 Å². The highest BCUT2D eigenvalue weighted by molar-refractivity contribution is 5.89. The summed E-state index contributed by atoms with van der Waals surface area (Å²) in [7, 11) is 0. The van der Waals surface area contributed by atoms with Gasteiger partial charge in [-0.1, -0.05) is 91.0 Å². The molecule has 0 radical (unpaired) electrons. The fraction of sp³-hybridized carbons (Fsp3) is 0.250. The first-order valence-electron chi connectivity index (χ1n) is 11.6. The van der Waals surface area contributed by atoms with Gasteiger partial charge < -0.3 is 25.2 Å². The first kappa shape index (κ1) is 26.4. The van der Waals surface area contributed by atoms with Gasteiger partial charge in [-0.2, -0.15) is 0 Å². The van der Waals surface area contributed by atoms with Gasteiger partial charge in [-0.05, 0) is 23.6 Å². The summed E-state index contributed by atoms with van der Waals surface area (Å²) in [6, 6.07) is 25.2. The number of hydrogen-bond acceptors (Lipinski definition) is 5. The average molecular weight is 491 g/mol. The first-order valence-corrected chi connectivity index (χ1v) is 11.6. The van der Waals surface area contributed by atoms with Gasteiger partial charge in [0.05, 0.1) is 12.7 Å². The van der Waals surface area contributed by atoms with Crippen molar-refractivity contribution in [3.05, 3.63) is 108 Å². The van der Waals surface area contributed by atoms with E-state index in [0.29, 0.717) is 0 Å². The maximum atomic E-state index is 13.2. The number of aliphatic carboxylic acids is 1. The monoisotopic (exact) mass is 490 g/mol. The lowest BCUT2D eigenvalue weighted by Gasteiger charge is -2.25. The van der Waals surface area contributed by atoms with E-state index in [2.05, 4.69) is 10.6 Å². The summed E-state index contributed by atoms with van der Waals surface area (Å²) in [5.41, 5.74) is 2.47. The van der Waals surface area contributed by atoms with Crippen LogP contribution in [0.4, 0.5) is 4.79 Å². The van der Waals surface area contributed by atoms with Crippen molar-refractivity contribution in [1.82, 2.24) is 10.6 Å². The Hall–Kier alpha value is -4.17. The van der Waals surface area contributed by atoms with Crippen molar-refractivity contribution in [2.75, 3.05) is 0 Å². The van der Waals surface area contributed by atoms with E-state index in [0.717, 1.165) is 16.7 Å². The third-order valence-electron chi connectivity index (χ3n) is 5.49. The van der Waals surface area contributed by atoms with Gasteiger partial charge >= 0.3 is 12.1 Å². The second-order valence-corrected chi connectivity index (χ2v) is 8.27. The number of ether oxygens (including phenoxy) is 2. The number of hydrogen-bond donors (Lipinski definition) is 3. The highest BCUT2D eigenvalue weighted by Gasteiger charge is 2.31. The lowest BCUT2D eigenvalue weighted by molar-refractivity contribution is -0.146. The van der Waals surface area contributed by atoms with Crippen molar-refractivity contribution >= 4 is 18.0 Å². The zero-order chi connectivity index (χ0) is 25.8. The minimum Gasteiger partial charge on any atom is -0.480 e. The van der Waals surface area contributed by atoms with Crippen LogP contribution in [-0.2, 0) is 38.7 Å². The number of carbonyl (C=O) groups excluding carboxylic acids is 2. The SMILES string of the molecule is C[C@@H](OCc1ccccc1)[C@H](NC(=O)[C@H](Cc1ccccc1)NC(=O)OCc1ccccc1)C(=O)O. The third kappa shape index (κ3) is 8.56. The molecule has 3 atom stereocenters. The van der Waals surface area contributed by atoms with Crippen LogP contribution >= 0.6 is 0 Å². The minimum atomic E-state index is -1.32. The smallest absolute Gasteiger partial charge is 0.408 e. The standard InChI is InChI=1S/C28H30N2O6/c1-20(35-18-22-13-7-3-8-14-22)25(27(32)33)30-26(31)24(17-21-11-5-2-6-12-21)29-28(34)36-19-23-15-9-4-10-16-23/h2-16,20,24-25H,17-19H2,1H3,(H,29,34)(H,30,31)(H,32,33)/t20-,24+,25+/m1/s1. The second kappa shape index (κ2) is 13.7. The topological polar surface area (TPSA) is 114 Å². The Morgan fingerprint density at radius 3 is 1.78 bits per heavy atom. The molecule has 0 aliphatic rings. The molecule has 36 heavy (non-hydrogen) atoms. The quantitative estimate of drug-likeness (QED) is 0.357. The van der Waals surface area contributed by atoms with E-state index in [1.807, 2.05) is 91.0 Å². The summed E-state index contributed by atoms with van der Waals surface area (Å²) in [6.45, 7) is 1.81. The molecule has 8 heteroatoms. The van der Waals surface area contributed by atoms with Crippen LogP contribution in [0.1, 0.15) is 23.6 Å². The van der Waals surface area contributed by atoms with Crippen LogP contribution in [0.5, 0.6) is 0 Å². The maximum absolute atomic E-state index is 13.2. The molecule has 0 aliphatic heterocycles. The van der Waals surface area contributed by atoms with Crippen LogP contribution in [0.3, 0.4) is 0 Å². The maximum Gasteiger partial charge on any atom is 0.408 e. The Balaban J connectivity index is 1.65. The van der Waals surface area contributed by atoms with Crippen LogP contribution < -0.4 is 10.6 Å². The van der Waals surface area contributed by atoms with Crippen LogP contribution in [0, 0.1) is 0 Å². The lowest BCUT2D eigenvalue weighted by Crippen LogP contribution is -2.55. The molecule has 0 unspecified atom stereocenters. The molecule has 8 nitrogen and oxygen atoms in total. The van der Waals surface area contributed by atoms with Crippen molar-refractivity contribution in [3.63, 3.8) is 0 Å². The number of alkyl carbamates (subject to hydrolysis) is 1. The third-order valence-corrected chi connectivity index (χ3v) is 5.49. The Morgan fingerprint density at radius 1 is 0.750 bits per heavy atom. The van der Waals surface area contributed by atoms with E-state index in [-0.39, 0.29) is 19.6 Å². The molecule has 3 aromatic carbocycles. The van der Waals surface area contributed by atoms with Gasteiger partial charge in [0, 0.05) is 6.42 Å². The van der Waals surface area contributed by atoms with Gasteiger partial charge in [-0.3, -0.25) is 4.79 Å². The fourth-order valence-electron chi connectivity index (χ4n) is 3.50. The van der Waals surface area contributed by atoms with Crippen LogP contribution in [0.25, 0.3) is 0 Å². The first-order chi connectivity index (χ1) is 17.4. The van der Waals surface area contributed by atoms with Gasteiger partial charge in [0.25, 0.3) is 0 Å². The Bertz CT molecular complexity index is 1110. The zero-order valence-corrected chi connectivity index (χ0v) is 20.0. The Morgan fingerprint density at radius 2 is 1.25 bits per heavy atom. The molecule has 0 fully saturated rings. The van der Waals surface area contributed by atoms with Gasteiger partial charge in [0.2, 0.25) is 5.91 Å². The van der Waals surface area contributed by atoms with E-state index in [4.69, 9.17) is 9.47 Å².